The molecule has 2 aliphatic rings. The molecule has 2 fully saturated rings. The van der Waals surface area contributed by atoms with Gasteiger partial charge in [-0.15, -0.1) is 0 Å². The van der Waals surface area contributed by atoms with E-state index in [0.717, 1.165) is 31.7 Å². The minimum absolute atomic E-state index is 0.175. The van der Waals surface area contributed by atoms with E-state index < -0.39 is 0 Å². The van der Waals surface area contributed by atoms with Crippen molar-refractivity contribution in [3.05, 3.63) is 29.8 Å². The van der Waals surface area contributed by atoms with E-state index in [1.807, 2.05) is 21.9 Å². The maximum Gasteiger partial charge on any atom is 0.320 e. The monoisotopic (exact) mass is 318 g/mol. The number of rotatable bonds is 2. The number of morpholine rings is 1. The Kier molecular flexibility index (Phi) is 5.39. The van der Waals surface area contributed by atoms with Gasteiger partial charge in [0.1, 0.15) is 5.75 Å². The van der Waals surface area contributed by atoms with Crippen LogP contribution >= 0.6 is 0 Å². The Morgan fingerprint density at radius 2 is 1.83 bits per heavy atom. The van der Waals surface area contributed by atoms with Crippen molar-refractivity contribution in [3.8, 4) is 5.75 Å². The number of amides is 2. The van der Waals surface area contributed by atoms with Crippen molar-refractivity contribution in [1.29, 1.82) is 0 Å². The smallest absolute Gasteiger partial charge is 0.320 e. The Morgan fingerprint density at radius 1 is 1.09 bits per heavy atom. The van der Waals surface area contributed by atoms with E-state index in [9.17, 15) is 4.79 Å². The van der Waals surface area contributed by atoms with Gasteiger partial charge in [-0.3, -0.25) is 0 Å². The SMILES string of the molecule is COc1ccc([C@H]2CCCCN(C(=O)N3CCOCC3)C2)cc1. The second kappa shape index (κ2) is 7.68. The summed E-state index contributed by atoms with van der Waals surface area (Å²) in [5.41, 5.74) is 1.30. The fourth-order valence-corrected chi connectivity index (χ4v) is 3.42. The van der Waals surface area contributed by atoms with Gasteiger partial charge in [-0.2, -0.15) is 0 Å². The molecule has 0 spiro atoms. The van der Waals surface area contributed by atoms with Gasteiger partial charge in [-0.1, -0.05) is 18.6 Å². The summed E-state index contributed by atoms with van der Waals surface area (Å²) in [5, 5.41) is 0. The number of nitrogens with zero attached hydrogens (tertiary/aromatic N) is 2. The van der Waals surface area contributed by atoms with Crippen LogP contribution in [0.4, 0.5) is 4.79 Å². The number of hydrogen-bond acceptors (Lipinski definition) is 3. The molecule has 0 radical (unpaired) electrons. The molecule has 0 unspecified atom stereocenters. The summed E-state index contributed by atoms with van der Waals surface area (Å²) < 4.78 is 10.6. The molecule has 1 aromatic carbocycles. The van der Waals surface area contributed by atoms with E-state index in [1.54, 1.807) is 7.11 Å². The molecule has 2 aliphatic heterocycles. The quantitative estimate of drug-likeness (QED) is 0.842. The number of methoxy groups -OCH3 is 1. The maximum absolute atomic E-state index is 12.8. The van der Waals surface area contributed by atoms with Crippen LogP contribution < -0.4 is 4.74 Å². The summed E-state index contributed by atoms with van der Waals surface area (Å²) in [7, 11) is 1.68. The van der Waals surface area contributed by atoms with Crippen LogP contribution in [0.1, 0.15) is 30.7 Å². The molecule has 126 valence electrons. The zero-order valence-electron chi connectivity index (χ0n) is 13.9. The lowest BCUT2D eigenvalue weighted by atomic mass is 9.94. The average Bonchev–Trinajstić information content (AvgIpc) is 2.88. The highest BCUT2D eigenvalue weighted by atomic mass is 16.5. The van der Waals surface area contributed by atoms with Gasteiger partial charge in [0, 0.05) is 32.1 Å². The minimum atomic E-state index is 0.175. The van der Waals surface area contributed by atoms with E-state index in [4.69, 9.17) is 9.47 Å². The second-order valence-corrected chi connectivity index (χ2v) is 6.29. The van der Waals surface area contributed by atoms with Gasteiger partial charge in [0.05, 0.1) is 20.3 Å². The van der Waals surface area contributed by atoms with Crippen molar-refractivity contribution < 1.29 is 14.3 Å². The molecule has 2 amide bonds. The number of likely N-dealkylation sites (tertiary alicyclic amines) is 1. The standard InChI is InChI=1S/C18H26N2O3/c1-22-17-7-5-15(6-8-17)16-4-2-3-9-20(14-16)18(21)19-10-12-23-13-11-19/h5-8,16H,2-4,9-14H2,1H3/t16-/m0/s1. The molecule has 0 bridgehead atoms. The molecule has 0 aliphatic carbocycles. The van der Waals surface area contributed by atoms with Crippen LogP contribution in [0, 0.1) is 0 Å². The first kappa shape index (κ1) is 16.1. The lowest BCUT2D eigenvalue weighted by molar-refractivity contribution is 0.0432. The lowest BCUT2D eigenvalue weighted by Crippen LogP contribution is -2.49. The van der Waals surface area contributed by atoms with Gasteiger partial charge in [0.15, 0.2) is 0 Å². The molecule has 5 nitrogen and oxygen atoms in total. The highest BCUT2D eigenvalue weighted by Gasteiger charge is 2.27. The van der Waals surface area contributed by atoms with Gasteiger partial charge in [-0.05, 0) is 30.5 Å². The van der Waals surface area contributed by atoms with Crippen LogP contribution in [0.25, 0.3) is 0 Å². The summed E-state index contributed by atoms with van der Waals surface area (Å²) in [4.78, 5) is 16.7. The van der Waals surface area contributed by atoms with E-state index in [0.29, 0.717) is 32.2 Å². The van der Waals surface area contributed by atoms with Crippen molar-refractivity contribution in [2.45, 2.75) is 25.2 Å². The number of urea groups is 1. The fraction of sp³-hybridized carbons (Fsp3) is 0.611. The summed E-state index contributed by atoms with van der Waals surface area (Å²) in [6, 6.07) is 8.45. The van der Waals surface area contributed by atoms with Crippen LogP contribution in [0.5, 0.6) is 5.75 Å². The van der Waals surface area contributed by atoms with Crippen molar-refractivity contribution in [2.75, 3.05) is 46.5 Å². The predicted molar refractivity (Wildman–Crippen MR) is 88.9 cm³/mol. The zero-order valence-corrected chi connectivity index (χ0v) is 13.9. The molecule has 5 heteroatoms. The van der Waals surface area contributed by atoms with Crippen molar-refractivity contribution >= 4 is 6.03 Å². The van der Waals surface area contributed by atoms with Gasteiger partial charge in [0.2, 0.25) is 0 Å². The second-order valence-electron chi connectivity index (χ2n) is 6.29. The molecular weight excluding hydrogens is 292 g/mol. The number of benzene rings is 1. The Labute approximate surface area is 138 Å². The van der Waals surface area contributed by atoms with E-state index in [1.165, 1.54) is 12.0 Å². The number of hydrogen-bond donors (Lipinski definition) is 0. The zero-order chi connectivity index (χ0) is 16.1. The van der Waals surface area contributed by atoms with Crippen LogP contribution in [-0.4, -0.2) is 62.3 Å². The van der Waals surface area contributed by atoms with Gasteiger partial charge >= 0.3 is 6.03 Å². The molecule has 0 aromatic heterocycles. The lowest BCUT2D eigenvalue weighted by Gasteiger charge is -2.33. The van der Waals surface area contributed by atoms with E-state index in [-0.39, 0.29) is 6.03 Å². The minimum Gasteiger partial charge on any atom is -0.497 e. The highest BCUT2D eigenvalue weighted by molar-refractivity contribution is 5.74. The third kappa shape index (κ3) is 3.96. The predicted octanol–water partition coefficient (Wildman–Crippen LogP) is 2.72. The average molecular weight is 318 g/mol. The summed E-state index contributed by atoms with van der Waals surface area (Å²) in [5.74, 6) is 1.29. The van der Waals surface area contributed by atoms with Crippen LogP contribution in [0.15, 0.2) is 24.3 Å². The molecule has 0 N–H and O–H groups in total. The van der Waals surface area contributed by atoms with Crippen molar-refractivity contribution in [1.82, 2.24) is 9.80 Å². The fourth-order valence-electron chi connectivity index (χ4n) is 3.42. The van der Waals surface area contributed by atoms with Crippen LogP contribution in [0.2, 0.25) is 0 Å². The summed E-state index contributed by atoms with van der Waals surface area (Å²) >= 11 is 0. The van der Waals surface area contributed by atoms with E-state index in [2.05, 4.69) is 12.1 Å². The molecule has 3 rings (SSSR count). The maximum atomic E-state index is 12.8. The van der Waals surface area contributed by atoms with Crippen molar-refractivity contribution in [2.24, 2.45) is 0 Å². The van der Waals surface area contributed by atoms with Gasteiger partial charge < -0.3 is 19.3 Å². The first-order valence-corrected chi connectivity index (χ1v) is 8.53. The normalized spacial score (nSPS) is 22.6. The Balaban J connectivity index is 1.68. The van der Waals surface area contributed by atoms with Crippen molar-refractivity contribution in [3.63, 3.8) is 0 Å². The third-order valence-electron chi connectivity index (χ3n) is 4.81. The topological polar surface area (TPSA) is 42.0 Å². The molecular formula is C18H26N2O3. The largest absolute Gasteiger partial charge is 0.497 e. The Hall–Kier alpha value is -1.75. The highest BCUT2D eigenvalue weighted by Crippen LogP contribution is 2.28. The summed E-state index contributed by atoms with van der Waals surface area (Å²) in [6.07, 6.45) is 3.39. The first-order valence-electron chi connectivity index (χ1n) is 8.53. The number of carbonyl (C=O) groups is 1. The number of ether oxygens (including phenoxy) is 2. The Morgan fingerprint density at radius 3 is 2.52 bits per heavy atom. The molecule has 23 heavy (non-hydrogen) atoms. The van der Waals surface area contributed by atoms with Gasteiger partial charge in [0.25, 0.3) is 0 Å². The third-order valence-corrected chi connectivity index (χ3v) is 4.81. The van der Waals surface area contributed by atoms with Crippen LogP contribution in [-0.2, 0) is 4.74 Å². The summed E-state index contributed by atoms with van der Waals surface area (Å²) in [6.45, 7) is 4.40. The molecule has 1 aromatic rings. The van der Waals surface area contributed by atoms with Crippen LogP contribution in [0.3, 0.4) is 0 Å². The molecule has 2 saturated heterocycles. The van der Waals surface area contributed by atoms with Gasteiger partial charge in [-0.25, -0.2) is 4.79 Å². The Bertz CT molecular complexity index is 512. The van der Waals surface area contributed by atoms with E-state index >= 15 is 0 Å². The molecule has 0 saturated carbocycles. The first-order chi connectivity index (χ1) is 11.3. The number of carbonyl (C=O) groups excluding carboxylic acids is 1. The molecule has 2 heterocycles. The molecule has 1 atom stereocenters.